The molecule has 20 heavy (non-hydrogen) atoms. The van der Waals surface area contributed by atoms with E-state index in [2.05, 4.69) is 6.92 Å². The molecule has 112 valence electrons. The van der Waals surface area contributed by atoms with Crippen LogP contribution >= 0.6 is 0 Å². The van der Waals surface area contributed by atoms with Crippen molar-refractivity contribution in [2.75, 3.05) is 0 Å². The largest absolute Gasteiger partial charge is 0.432 e. The van der Waals surface area contributed by atoms with Crippen LogP contribution in [0.5, 0.6) is 0 Å². The fourth-order valence-electron chi connectivity index (χ4n) is 4.76. The Hall–Kier alpha value is -0.650. The lowest BCUT2D eigenvalue weighted by molar-refractivity contribution is -0.559. The molecule has 0 aromatic rings. The second kappa shape index (κ2) is 3.96. The van der Waals surface area contributed by atoms with E-state index in [9.17, 15) is 4.79 Å². The number of hydrogen-bond donors (Lipinski definition) is 0. The third kappa shape index (κ3) is 1.46. The molecule has 7 atom stereocenters. The number of rotatable bonds is 0. The molecular formula is C15H22O5. The van der Waals surface area contributed by atoms with Gasteiger partial charge in [0.15, 0.2) is 5.60 Å². The molecule has 0 N–H and O–H groups in total. The maximum Gasteiger partial charge on any atom is 0.311 e. The zero-order chi connectivity index (χ0) is 14.1. The molecule has 1 saturated carbocycles. The molecule has 2 bridgehead atoms. The quantitative estimate of drug-likeness (QED) is 0.504. The highest BCUT2D eigenvalue weighted by atomic mass is 17.3. The fourth-order valence-corrected chi connectivity index (χ4v) is 4.76. The molecule has 5 unspecified atom stereocenters. The summed E-state index contributed by atoms with van der Waals surface area (Å²) in [6, 6.07) is 0. The van der Waals surface area contributed by atoms with Crippen molar-refractivity contribution in [3.05, 3.63) is 0 Å². The smallest absolute Gasteiger partial charge is 0.311 e. The van der Waals surface area contributed by atoms with Crippen molar-refractivity contribution in [2.24, 2.45) is 23.7 Å². The average Bonchev–Trinajstić information content (AvgIpc) is 2.63. The number of fused-ring (bicyclic) bond motifs is 2. The normalized spacial score (nSPS) is 57.8. The van der Waals surface area contributed by atoms with Crippen LogP contribution in [0.4, 0.5) is 0 Å². The summed E-state index contributed by atoms with van der Waals surface area (Å²) in [4.78, 5) is 23.7. The van der Waals surface area contributed by atoms with Crippen LogP contribution in [-0.4, -0.2) is 23.6 Å². The molecule has 4 heterocycles. The van der Waals surface area contributed by atoms with Crippen LogP contribution in [0.3, 0.4) is 0 Å². The van der Waals surface area contributed by atoms with Gasteiger partial charge >= 0.3 is 5.97 Å². The van der Waals surface area contributed by atoms with Gasteiger partial charge < -0.3 is 9.47 Å². The van der Waals surface area contributed by atoms with Crippen LogP contribution in [0.2, 0.25) is 0 Å². The molecule has 5 rings (SSSR count). The highest BCUT2D eigenvalue weighted by molar-refractivity contribution is 5.74. The second-order valence-electron chi connectivity index (χ2n) is 7.14. The average molecular weight is 282 g/mol. The first-order chi connectivity index (χ1) is 9.46. The maximum atomic E-state index is 12.1. The van der Waals surface area contributed by atoms with Crippen molar-refractivity contribution in [3.63, 3.8) is 0 Å². The van der Waals surface area contributed by atoms with Crippen LogP contribution in [0.25, 0.3) is 0 Å². The summed E-state index contributed by atoms with van der Waals surface area (Å²) >= 11 is 0. The van der Waals surface area contributed by atoms with E-state index < -0.39 is 17.7 Å². The van der Waals surface area contributed by atoms with Crippen LogP contribution < -0.4 is 0 Å². The first-order valence-corrected chi connectivity index (χ1v) is 7.71. The van der Waals surface area contributed by atoms with Crippen LogP contribution in [-0.2, 0) is 24.0 Å². The van der Waals surface area contributed by atoms with E-state index in [-0.39, 0.29) is 17.8 Å². The Kier molecular flexibility index (Phi) is 2.58. The summed E-state index contributed by atoms with van der Waals surface area (Å²) < 4.78 is 11.6. The highest BCUT2D eigenvalue weighted by Crippen LogP contribution is 2.59. The van der Waals surface area contributed by atoms with Crippen LogP contribution in [0, 0.1) is 23.7 Å². The Morgan fingerprint density at radius 2 is 1.90 bits per heavy atom. The van der Waals surface area contributed by atoms with Crippen molar-refractivity contribution < 1.29 is 24.0 Å². The zero-order valence-electron chi connectivity index (χ0n) is 12.3. The predicted molar refractivity (Wildman–Crippen MR) is 68.0 cm³/mol. The monoisotopic (exact) mass is 282 g/mol. The summed E-state index contributed by atoms with van der Waals surface area (Å²) in [5.41, 5.74) is -0.610. The molecule has 1 spiro atoms. The number of carbonyl (C=O) groups is 1. The molecule has 5 nitrogen and oxygen atoms in total. The van der Waals surface area contributed by atoms with Gasteiger partial charge in [0.05, 0.1) is 5.92 Å². The van der Waals surface area contributed by atoms with E-state index in [4.69, 9.17) is 19.2 Å². The third-order valence-electron chi connectivity index (χ3n) is 5.97. The zero-order valence-corrected chi connectivity index (χ0v) is 12.3. The summed E-state index contributed by atoms with van der Waals surface area (Å²) in [6.45, 7) is 6.06. The highest BCUT2D eigenvalue weighted by Gasteiger charge is 2.69. The summed E-state index contributed by atoms with van der Waals surface area (Å²) in [5.74, 6) is -0.137. The lowest BCUT2D eigenvalue weighted by Crippen LogP contribution is -2.69. The minimum Gasteiger partial charge on any atom is -0.432 e. The van der Waals surface area contributed by atoms with Gasteiger partial charge in [-0.1, -0.05) is 13.8 Å². The predicted octanol–water partition coefficient (Wildman–Crippen LogP) is 2.39. The fraction of sp³-hybridized carbons (Fsp3) is 0.933. The molecule has 5 aliphatic rings. The van der Waals surface area contributed by atoms with Crippen LogP contribution in [0.1, 0.15) is 46.5 Å². The van der Waals surface area contributed by atoms with Gasteiger partial charge in [-0.05, 0) is 32.1 Å². The van der Waals surface area contributed by atoms with E-state index in [1.165, 1.54) is 0 Å². The molecule has 5 heteroatoms. The molecule has 5 fully saturated rings. The summed E-state index contributed by atoms with van der Waals surface area (Å²) in [6.07, 6.45) is 3.24. The van der Waals surface area contributed by atoms with Gasteiger partial charge in [-0.2, -0.15) is 0 Å². The molecule has 0 aromatic heterocycles. The number of carbonyl (C=O) groups excluding carboxylic acids is 1. The van der Waals surface area contributed by atoms with Gasteiger partial charge in [0.1, 0.15) is 0 Å². The van der Waals surface area contributed by atoms with Crippen molar-refractivity contribution in [1.29, 1.82) is 0 Å². The van der Waals surface area contributed by atoms with Gasteiger partial charge in [0.2, 0.25) is 12.1 Å². The minimum absolute atomic E-state index is 0.123. The molecule has 0 aromatic carbocycles. The van der Waals surface area contributed by atoms with Gasteiger partial charge in [0.25, 0.3) is 0 Å². The first kappa shape index (κ1) is 13.0. The van der Waals surface area contributed by atoms with E-state index in [1.807, 2.05) is 13.8 Å². The lowest BCUT2D eigenvalue weighted by atomic mass is 9.58. The van der Waals surface area contributed by atoms with E-state index in [0.29, 0.717) is 11.8 Å². The Morgan fingerprint density at radius 3 is 2.70 bits per heavy atom. The first-order valence-electron chi connectivity index (χ1n) is 7.71. The Labute approximate surface area is 118 Å². The topological polar surface area (TPSA) is 54.0 Å². The van der Waals surface area contributed by atoms with Crippen LogP contribution in [0.15, 0.2) is 0 Å². The van der Waals surface area contributed by atoms with Crippen molar-refractivity contribution in [1.82, 2.24) is 0 Å². The van der Waals surface area contributed by atoms with Crippen molar-refractivity contribution >= 4 is 5.97 Å². The summed E-state index contributed by atoms with van der Waals surface area (Å²) in [5, 5.41) is 0. The van der Waals surface area contributed by atoms with Gasteiger partial charge in [0, 0.05) is 18.3 Å². The maximum absolute atomic E-state index is 12.1. The van der Waals surface area contributed by atoms with Crippen molar-refractivity contribution in [2.45, 2.75) is 64.1 Å². The standard InChI is InChI=1S/C15H22O5/c1-8-4-5-11-9(2)12(16)17-13-15(11)10(8)6-7-14(3,18-13)19-20-15/h8-11,13H,4-7H2,1-3H3/t8?,9-,10?,11?,13?,14+,15?/m1/s1. The Bertz CT molecular complexity index is 452. The third-order valence-corrected chi connectivity index (χ3v) is 5.97. The molecule has 4 aliphatic heterocycles. The Balaban J connectivity index is 1.84. The molecule has 1 aliphatic carbocycles. The number of esters is 1. The minimum atomic E-state index is -0.793. The number of ether oxygens (including phenoxy) is 2. The van der Waals surface area contributed by atoms with E-state index in [1.54, 1.807) is 0 Å². The van der Waals surface area contributed by atoms with E-state index >= 15 is 0 Å². The van der Waals surface area contributed by atoms with E-state index in [0.717, 1.165) is 25.7 Å². The number of hydrogen-bond acceptors (Lipinski definition) is 5. The van der Waals surface area contributed by atoms with Gasteiger partial charge in [-0.15, -0.1) is 0 Å². The molecule has 0 amide bonds. The van der Waals surface area contributed by atoms with Gasteiger partial charge in [-0.3, -0.25) is 4.79 Å². The molecule has 0 radical (unpaired) electrons. The van der Waals surface area contributed by atoms with Gasteiger partial charge in [-0.25, -0.2) is 9.78 Å². The summed E-state index contributed by atoms with van der Waals surface area (Å²) in [7, 11) is 0. The van der Waals surface area contributed by atoms with Crippen molar-refractivity contribution in [3.8, 4) is 0 Å². The SMILES string of the molecule is CC1CCC2[C@@H](C)C(=O)OC3O[C@]4(C)CCC1C32OO4. The lowest BCUT2D eigenvalue weighted by Gasteiger charge is -2.57. The molecular weight excluding hydrogens is 260 g/mol. The molecule has 4 saturated heterocycles. The Morgan fingerprint density at radius 1 is 1.10 bits per heavy atom. The second-order valence-corrected chi connectivity index (χ2v) is 7.14.